The van der Waals surface area contributed by atoms with Crippen LogP contribution in [0.5, 0.6) is 0 Å². The minimum absolute atomic E-state index is 0.492. The number of allylic oxidation sites excluding steroid dienone is 1. The first kappa shape index (κ1) is 9.27. The summed E-state index contributed by atoms with van der Waals surface area (Å²) in [6, 6.07) is 10.6. The smallest absolute Gasteiger partial charge is 0.0550 e. The van der Waals surface area contributed by atoms with E-state index in [-0.39, 0.29) is 0 Å². The summed E-state index contributed by atoms with van der Waals surface area (Å²) >= 11 is 0. The van der Waals surface area contributed by atoms with Gasteiger partial charge in [0.2, 0.25) is 0 Å². The Balaban J connectivity index is 2.43. The van der Waals surface area contributed by atoms with Crippen molar-refractivity contribution < 1.29 is 0 Å². The molecule has 0 saturated heterocycles. The molecule has 0 aliphatic rings. The van der Waals surface area contributed by atoms with Crippen LogP contribution in [0.2, 0.25) is 13.1 Å². The lowest BCUT2D eigenvalue weighted by molar-refractivity contribution is 1.27. The van der Waals surface area contributed by atoms with E-state index in [1.54, 1.807) is 0 Å². The molecule has 1 aromatic rings. The summed E-state index contributed by atoms with van der Waals surface area (Å²) < 4.78 is 0. The first-order chi connectivity index (χ1) is 5.79. The Bertz CT molecular complexity index is 236. The topological polar surface area (TPSA) is 0 Å². The second-order valence-electron chi connectivity index (χ2n) is 3.36. The fourth-order valence-corrected chi connectivity index (χ4v) is 1.77. The van der Waals surface area contributed by atoms with Crippen molar-refractivity contribution in [3.05, 3.63) is 47.7 Å². The van der Waals surface area contributed by atoms with Crippen LogP contribution < -0.4 is 0 Å². The summed E-state index contributed by atoms with van der Waals surface area (Å²) in [7, 11) is -0.492. The second kappa shape index (κ2) is 4.94. The minimum Gasteiger partial charge on any atom is -0.102 e. The molecular formula is C11H16Si. The monoisotopic (exact) mass is 176 g/mol. The van der Waals surface area contributed by atoms with Gasteiger partial charge in [0.05, 0.1) is 8.80 Å². The largest absolute Gasteiger partial charge is 0.102 e. The summed E-state index contributed by atoms with van der Waals surface area (Å²) in [5.74, 6) is 0. The van der Waals surface area contributed by atoms with Gasteiger partial charge in [-0.15, -0.1) is 5.70 Å². The third-order valence-electron chi connectivity index (χ3n) is 1.72. The SMILES string of the molecule is C[SiH](C)C=CCc1ccccc1. The molecule has 0 fully saturated rings. The molecule has 0 heterocycles. The van der Waals surface area contributed by atoms with Crippen molar-refractivity contribution in [2.24, 2.45) is 0 Å². The zero-order valence-corrected chi connectivity index (χ0v) is 8.98. The van der Waals surface area contributed by atoms with Gasteiger partial charge < -0.3 is 0 Å². The molecule has 12 heavy (non-hydrogen) atoms. The van der Waals surface area contributed by atoms with Gasteiger partial charge in [0.25, 0.3) is 0 Å². The van der Waals surface area contributed by atoms with E-state index in [9.17, 15) is 0 Å². The molecule has 0 amide bonds. The van der Waals surface area contributed by atoms with Crippen LogP contribution in [0.25, 0.3) is 0 Å². The maximum atomic E-state index is 2.38. The van der Waals surface area contributed by atoms with Gasteiger partial charge in [0.1, 0.15) is 0 Å². The van der Waals surface area contributed by atoms with Gasteiger partial charge in [-0.25, -0.2) is 0 Å². The zero-order chi connectivity index (χ0) is 8.81. The fraction of sp³-hybridized carbons (Fsp3) is 0.273. The third-order valence-corrected chi connectivity index (χ3v) is 2.76. The van der Waals surface area contributed by atoms with E-state index in [1.165, 1.54) is 5.56 Å². The Kier molecular flexibility index (Phi) is 3.81. The van der Waals surface area contributed by atoms with E-state index in [0.717, 1.165) is 6.42 Å². The van der Waals surface area contributed by atoms with Crippen LogP contribution in [0.3, 0.4) is 0 Å². The molecule has 0 atom stereocenters. The van der Waals surface area contributed by atoms with Gasteiger partial charge in [-0.1, -0.05) is 49.5 Å². The highest BCUT2D eigenvalue weighted by Crippen LogP contribution is 2.00. The van der Waals surface area contributed by atoms with Crippen LogP contribution >= 0.6 is 0 Å². The quantitative estimate of drug-likeness (QED) is 0.621. The number of benzene rings is 1. The van der Waals surface area contributed by atoms with Crippen LogP contribution in [0.1, 0.15) is 5.56 Å². The van der Waals surface area contributed by atoms with Crippen molar-refractivity contribution in [1.29, 1.82) is 0 Å². The molecule has 0 aromatic heterocycles. The third kappa shape index (κ3) is 3.53. The number of hydrogen-bond donors (Lipinski definition) is 0. The van der Waals surface area contributed by atoms with Crippen LogP contribution in [0, 0.1) is 0 Å². The van der Waals surface area contributed by atoms with Crippen LogP contribution in [-0.2, 0) is 6.42 Å². The standard InChI is InChI=1S/C11H16Si/c1-12(2)10-6-9-11-7-4-3-5-8-11/h3-8,10,12H,9H2,1-2H3. The highest BCUT2D eigenvalue weighted by Gasteiger charge is 1.87. The van der Waals surface area contributed by atoms with E-state index in [0.29, 0.717) is 0 Å². The summed E-state index contributed by atoms with van der Waals surface area (Å²) in [4.78, 5) is 0. The second-order valence-corrected chi connectivity index (χ2v) is 6.23. The predicted octanol–water partition coefficient (Wildman–Crippen LogP) is 2.81. The van der Waals surface area contributed by atoms with E-state index in [4.69, 9.17) is 0 Å². The van der Waals surface area contributed by atoms with Crippen LogP contribution in [0.15, 0.2) is 42.1 Å². The fourth-order valence-electron chi connectivity index (χ4n) is 1.09. The van der Waals surface area contributed by atoms with E-state index < -0.39 is 8.80 Å². The molecule has 0 nitrogen and oxygen atoms in total. The van der Waals surface area contributed by atoms with Gasteiger partial charge >= 0.3 is 0 Å². The number of rotatable bonds is 3. The summed E-state index contributed by atoms with van der Waals surface area (Å²) in [5, 5.41) is 0. The van der Waals surface area contributed by atoms with E-state index in [1.807, 2.05) is 0 Å². The van der Waals surface area contributed by atoms with Crippen molar-refractivity contribution in [3.8, 4) is 0 Å². The molecule has 0 N–H and O–H groups in total. The van der Waals surface area contributed by atoms with E-state index in [2.05, 4.69) is 55.2 Å². The van der Waals surface area contributed by atoms with Crippen LogP contribution in [-0.4, -0.2) is 8.80 Å². The van der Waals surface area contributed by atoms with Gasteiger partial charge in [-0.2, -0.15) is 0 Å². The predicted molar refractivity (Wildman–Crippen MR) is 58.2 cm³/mol. The molecule has 64 valence electrons. The van der Waals surface area contributed by atoms with E-state index >= 15 is 0 Å². The lowest BCUT2D eigenvalue weighted by Gasteiger charge is -1.95. The Morgan fingerprint density at radius 1 is 1.17 bits per heavy atom. The lowest BCUT2D eigenvalue weighted by Crippen LogP contribution is -1.92. The Hall–Kier alpha value is -0.823. The average molecular weight is 176 g/mol. The molecule has 1 heteroatoms. The van der Waals surface area contributed by atoms with Gasteiger partial charge in [-0.05, 0) is 12.0 Å². The van der Waals surface area contributed by atoms with Crippen molar-refractivity contribution in [1.82, 2.24) is 0 Å². The zero-order valence-electron chi connectivity index (χ0n) is 7.83. The summed E-state index contributed by atoms with van der Waals surface area (Å²) in [6.45, 7) is 4.67. The van der Waals surface area contributed by atoms with Crippen LogP contribution in [0.4, 0.5) is 0 Å². The first-order valence-corrected chi connectivity index (χ1v) is 7.47. The molecule has 0 aliphatic carbocycles. The molecule has 0 bridgehead atoms. The maximum Gasteiger partial charge on any atom is 0.0550 e. The highest BCUT2D eigenvalue weighted by molar-refractivity contribution is 6.61. The molecular weight excluding hydrogens is 160 g/mol. The lowest BCUT2D eigenvalue weighted by atomic mass is 10.2. The highest BCUT2D eigenvalue weighted by atomic mass is 28.3. The Morgan fingerprint density at radius 2 is 1.83 bits per heavy atom. The van der Waals surface area contributed by atoms with Gasteiger partial charge in [-0.3, -0.25) is 0 Å². The average Bonchev–Trinajstić information content (AvgIpc) is 2.05. The molecule has 0 saturated carbocycles. The molecule has 0 unspecified atom stereocenters. The Morgan fingerprint density at radius 3 is 2.42 bits per heavy atom. The van der Waals surface area contributed by atoms with Gasteiger partial charge in [0.15, 0.2) is 0 Å². The molecule has 1 aromatic carbocycles. The Labute approximate surface area is 76.5 Å². The molecule has 0 spiro atoms. The first-order valence-electron chi connectivity index (χ1n) is 4.49. The normalized spacial score (nSPS) is 11.2. The molecule has 1 rings (SSSR count). The minimum atomic E-state index is -0.492. The van der Waals surface area contributed by atoms with Crippen molar-refractivity contribution >= 4 is 8.80 Å². The van der Waals surface area contributed by atoms with Crippen molar-refractivity contribution in [2.75, 3.05) is 0 Å². The molecule has 0 radical (unpaired) electrons. The van der Waals surface area contributed by atoms with Gasteiger partial charge in [0, 0.05) is 0 Å². The van der Waals surface area contributed by atoms with Crippen molar-refractivity contribution in [2.45, 2.75) is 19.5 Å². The summed E-state index contributed by atoms with van der Waals surface area (Å²) in [6.07, 6.45) is 3.39. The number of hydrogen-bond acceptors (Lipinski definition) is 0. The van der Waals surface area contributed by atoms with Crippen molar-refractivity contribution in [3.63, 3.8) is 0 Å². The summed E-state index contributed by atoms with van der Waals surface area (Å²) in [5.41, 5.74) is 3.79. The maximum absolute atomic E-state index is 2.38. The molecule has 0 aliphatic heterocycles.